The lowest BCUT2D eigenvalue weighted by molar-refractivity contribution is 0.322. The summed E-state index contributed by atoms with van der Waals surface area (Å²) in [5.74, 6) is -0.232. The molecule has 1 unspecified atom stereocenters. The van der Waals surface area contributed by atoms with Crippen molar-refractivity contribution in [3.63, 3.8) is 0 Å². The minimum Gasteiger partial charge on any atom is -0.387 e. The molecule has 3 nitrogen and oxygen atoms in total. The van der Waals surface area contributed by atoms with E-state index in [1.165, 1.54) is 12.1 Å². The number of likely N-dealkylation sites (N-methyl/N-ethyl adjacent to an activating group) is 1. The van der Waals surface area contributed by atoms with E-state index in [0.29, 0.717) is 13.1 Å². The predicted molar refractivity (Wildman–Crippen MR) is 83.8 cm³/mol. The zero-order valence-corrected chi connectivity index (χ0v) is 12.1. The molecule has 21 heavy (non-hydrogen) atoms. The molecule has 0 spiro atoms. The molecule has 1 atom stereocenters. The van der Waals surface area contributed by atoms with Crippen LogP contribution in [0.1, 0.15) is 17.0 Å². The van der Waals surface area contributed by atoms with E-state index in [4.69, 9.17) is 11.1 Å². The van der Waals surface area contributed by atoms with Crippen LogP contribution in [-0.2, 0) is 6.54 Å². The summed E-state index contributed by atoms with van der Waals surface area (Å²) in [7, 11) is 1.95. The number of halogens is 1. The summed E-state index contributed by atoms with van der Waals surface area (Å²) in [6.45, 7) is 1.24. The number of benzene rings is 2. The van der Waals surface area contributed by atoms with Gasteiger partial charge in [0.25, 0.3) is 0 Å². The van der Waals surface area contributed by atoms with Crippen LogP contribution in [0.3, 0.4) is 0 Å². The largest absolute Gasteiger partial charge is 0.387 e. The fourth-order valence-corrected chi connectivity index (χ4v) is 2.39. The topological polar surface area (TPSA) is 53.1 Å². The minimum atomic E-state index is -0.230. The maximum atomic E-state index is 13.2. The Morgan fingerprint density at radius 3 is 2.52 bits per heavy atom. The average molecular weight is 285 g/mol. The van der Waals surface area contributed by atoms with Gasteiger partial charge < -0.3 is 10.6 Å². The van der Waals surface area contributed by atoms with Gasteiger partial charge in [-0.25, -0.2) is 4.39 Å². The third kappa shape index (κ3) is 4.39. The molecule has 0 radical (unpaired) electrons. The normalized spacial score (nSPS) is 12.3. The lowest BCUT2D eigenvalue weighted by Gasteiger charge is -2.23. The summed E-state index contributed by atoms with van der Waals surface area (Å²) >= 11 is 0. The molecule has 0 amide bonds. The molecule has 0 aromatic heterocycles. The molecular formula is C17H20FN3. The summed E-state index contributed by atoms with van der Waals surface area (Å²) in [5, 5.41) is 7.79. The third-order valence-corrected chi connectivity index (χ3v) is 3.41. The van der Waals surface area contributed by atoms with Gasteiger partial charge in [0.2, 0.25) is 0 Å². The molecule has 3 N–H and O–H groups in total. The van der Waals surface area contributed by atoms with Crippen molar-refractivity contribution < 1.29 is 4.39 Å². The SMILES string of the molecule is CN(Cc1cccc(F)c1)CC(C(=N)N)c1ccccc1. The fraction of sp³-hybridized carbons (Fsp3) is 0.235. The van der Waals surface area contributed by atoms with Crippen LogP contribution in [0.25, 0.3) is 0 Å². The monoisotopic (exact) mass is 285 g/mol. The molecule has 2 aromatic rings. The van der Waals surface area contributed by atoms with E-state index in [-0.39, 0.29) is 17.6 Å². The second-order valence-corrected chi connectivity index (χ2v) is 5.25. The van der Waals surface area contributed by atoms with Gasteiger partial charge in [0.05, 0.1) is 11.8 Å². The van der Waals surface area contributed by atoms with Gasteiger partial charge >= 0.3 is 0 Å². The lowest BCUT2D eigenvalue weighted by atomic mass is 9.97. The Hall–Kier alpha value is -2.20. The molecule has 0 aliphatic rings. The molecule has 4 heteroatoms. The molecule has 2 aromatic carbocycles. The minimum absolute atomic E-state index is 0.146. The van der Waals surface area contributed by atoms with E-state index in [9.17, 15) is 4.39 Å². The molecular weight excluding hydrogens is 265 g/mol. The molecule has 0 saturated carbocycles. The van der Waals surface area contributed by atoms with Crippen molar-refractivity contribution in [1.29, 1.82) is 5.41 Å². The average Bonchev–Trinajstić information content (AvgIpc) is 2.45. The first kappa shape index (κ1) is 15.2. The summed E-state index contributed by atoms with van der Waals surface area (Å²) in [4.78, 5) is 2.05. The van der Waals surface area contributed by atoms with E-state index in [1.54, 1.807) is 6.07 Å². The first-order chi connectivity index (χ1) is 10.1. The van der Waals surface area contributed by atoms with Crippen LogP contribution in [-0.4, -0.2) is 24.3 Å². The van der Waals surface area contributed by atoms with Gasteiger partial charge in [-0.2, -0.15) is 0 Å². The summed E-state index contributed by atoms with van der Waals surface area (Å²) in [6, 6.07) is 16.3. The number of nitrogens with one attached hydrogen (secondary N) is 1. The van der Waals surface area contributed by atoms with Crippen molar-refractivity contribution in [3.05, 3.63) is 71.5 Å². The fourth-order valence-electron chi connectivity index (χ4n) is 2.39. The van der Waals surface area contributed by atoms with Crippen LogP contribution in [0.2, 0.25) is 0 Å². The van der Waals surface area contributed by atoms with Gasteiger partial charge in [-0.05, 0) is 30.3 Å². The number of hydrogen-bond donors (Lipinski definition) is 2. The number of nitrogens with two attached hydrogens (primary N) is 1. The highest BCUT2D eigenvalue weighted by molar-refractivity contribution is 5.84. The second-order valence-electron chi connectivity index (χ2n) is 5.25. The number of nitrogens with zero attached hydrogens (tertiary/aromatic N) is 1. The van der Waals surface area contributed by atoms with E-state index >= 15 is 0 Å². The molecule has 0 saturated heterocycles. The summed E-state index contributed by atoms with van der Waals surface area (Å²) < 4.78 is 13.2. The maximum absolute atomic E-state index is 13.2. The summed E-state index contributed by atoms with van der Waals surface area (Å²) in [6.07, 6.45) is 0. The Bertz CT molecular complexity index is 598. The first-order valence-electron chi connectivity index (χ1n) is 6.88. The molecule has 0 aliphatic heterocycles. The smallest absolute Gasteiger partial charge is 0.123 e. The Balaban J connectivity index is 2.05. The Morgan fingerprint density at radius 2 is 1.90 bits per heavy atom. The van der Waals surface area contributed by atoms with Crippen molar-refractivity contribution >= 4 is 5.84 Å². The van der Waals surface area contributed by atoms with Crippen LogP contribution >= 0.6 is 0 Å². The molecule has 2 rings (SSSR count). The summed E-state index contributed by atoms with van der Waals surface area (Å²) in [5.41, 5.74) is 7.67. The van der Waals surface area contributed by atoms with E-state index in [1.807, 2.05) is 48.3 Å². The second kappa shape index (κ2) is 6.99. The third-order valence-electron chi connectivity index (χ3n) is 3.41. The van der Waals surface area contributed by atoms with Gasteiger partial charge in [-0.1, -0.05) is 42.5 Å². The van der Waals surface area contributed by atoms with E-state index in [0.717, 1.165) is 11.1 Å². The van der Waals surface area contributed by atoms with Gasteiger partial charge in [0.1, 0.15) is 5.82 Å². The molecule has 110 valence electrons. The zero-order valence-electron chi connectivity index (χ0n) is 12.1. The quantitative estimate of drug-likeness (QED) is 0.633. The predicted octanol–water partition coefficient (Wildman–Crippen LogP) is 2.98. The lowest BCUT2D eigenvalue weighted by Crippen LogP contribution is -2.32. The highest BCUT2D eigenvalue weighted by Gasteiger charge is 2.17. The van der Waals surface area contributed by atoms with Crippen LogP contribution in [0.5, 0.6) is 0 Å². The van der Waals surface area contributed by atoms with Crippen molar-refractivity contribution in [2.75, 3.05) is 13.6 Å². The number of hydrogen-bond acceptors (Lipinski definition) is 2. The molecule has 0 bridgehead atoms. The molecule has 0 fully saturated rings. The number of rotatable bonds is 6. The van der Waals surface area contributed by atoms with Gasteiger partial charge in [-0.3, -0.25) is 5.41 Å². The first-order valence-corrected chi connectivity index (χ1v) is 6.88. The van der Waals surface area contributed by atoms with Crippen molar-refractivity contribution in [3.8, 4) is 0 Å². The maximum Gasteiger partial charge on any atom is 0.123 e. The van der Waals surface area contributed by atoms with Crippen LogP contribution in [0, 0.1) is 11.2 Å². The van der Waals surface area contributed by atoms with Crippen LogP contribution < -0.4 is 5.73 Å². The highest BCUT2D eigenvalue weighted by atomic mass is 19.1. The van der Waals surface area contributed by atoms with E-state index in [2.05, 4.69) is 0 Å². The van der Waals surface area contributed by atoms with Crippen molar-refractivity contribution in [1.82, 2.24) is 4.90 Å². The van der Waals surface area contributed by atoms with Crippen LogP contribution in [0.4, 0.5) is 4.39 Å². The standard InChI is InChI=1S/C17H20FN3/c1-21(11-13-6-5-9-15(18)10-13)12-16(17(19)20)14-7-3-2-4-8-14/h2-10,16H,11-12H2,1H3,(H3,19,20). The molecule has 0 aliphatic carbocycles. The molecule has 0 heterocycles. The zero-order chi connectivity index (χ0) is 15.2. The Labute approximate surface area is 124 Å². The van der Waals surface area contributed by atoms with Crippen LogP contribution in [0.15, 0.2) is 54.6 Å². The highest BCUT2D eigenvalue weighted by Crippen LogP contribution is 2.17. The van der Waals surface area contributed by atoms with Crippen molar-refractivity contribution in [2.45, 2.75) is 12.5 Å². The Morgan fingerprint density at radius 1 is 1.19 bits per heavy atom. The van der Waals surface area contributed by atoms with Crippen molar-refractivity contribution in [2.24, 2.45) is 5.73 Å². The van der Waals surface area contributed by atoms with Gasteiger partial charge in [0, 0.05) is 13.1 Å². The van der Waals surface area contributed by atoms with Gasteiger partial charge in [-0.15, -0.1) is 0 Å². The van der Waals surface area contributed by atoms with Gasteiger partial charge in [0.15, 0.2) is 0 Å². The van der Waals surface area contributed by atoms with E-state index < -0.39 is 0 Å². The number of amidine groups is 1. The Kier molecular flexibility index (Phi) is 5.06.